The first-order valence-electron chi connectivity index (χ1n) is 10.8. The first-order valence-corrected chi connectivity index (χ1v) is 10.8. The number of hydrogen-bond donors (Lipinski definition) is 1. The second-order valence-electron chi connectivity index (χ2n) is 9.11. The van der Waals surface area contributed by atoms with Crippen molar-refractivity contribution in [3.63, 3.8) is 0 Å². The first-order chi connectivity index (χ1) is 15.5. The van der Waals surface area contributed by atoms with Crippen LogP contribution in [0, 0.1) is 62.1 Å². The van der Waals surface area contributed by atoms with Crippen LogP contribution in [0.1, 0.15) is 37.9 Å². The van der Waals surface area contributed by atoms with Crippen LogP contribution in [0.2, 0.25) is 0 Å². The van der Waals surface area contributed by atoms with E-state index in [1.54, 1.807) is 0 Å². The molecule has 3 fully saturated rings. The molecule has 32 heavy (non-hydrogen) atoms. The molecule has 2 aromatic rings. The largest absolute Gasteiger partial charge is 0.447 e. The minimum Gasteiger partial charge on any atom is -0.447 e. The van der Waals surface area contributed by atoms with Gasteiger partial charge in [0.15, 0.2) is 5.41 Å². The van der Waals surface area contributed by atoms with Crippen molar-refractivity contribution in [2.75, 3.05) is 0 Å². The quantitative estimate of drug-likeness (QED) is 0.722. The van der Waals surface area contributed by atoms with E-state index >= 15 is 0 Å². The van der Waals surface area contributed by atoms with Gasteiger partial charge in [-0.2, -0.15) is 15.8 Å². The van der Waals surface area contributed by atoms with Crippen molar-refractivity contribution in [1.29, 1.82) is 21.2 Å². The molecule has 6 nitrogen and oxygen atoms in total. The van der Waals surface area contributed by atoms with Crippen molar-refractivity contribution in [1.82, 2.24) is 0 Å². The molecule has 2 aliphatic heterocycles. The number of rotatable bonds is 2. The molecule has 5 atom stereocenters. The number of nitrogens with zero attached hydrogens (tertiary/aromatic N) is 3. The smallest absolute Gasteiger partial charge is 0.217 e. The Morgan fingerprint density at radius 2 is 1.59 bits per heavy atom. The Morgan fingerprint density at radius 3 is 2.22 bits per heavy atom. The van der Waals surface area contributed by atoms with Crippen LogP contribution in [0.3, 0.4) is 0 Å². The van der Waals surface area contributed by atoms with Crippen molar-refractivity contribution < 1.29 is 9.47 Å². The van der Waals surface area contributed by atoms with Gasteiger partial charge in [-0.15, -0.1) is 0 Å². The highest BCUT2D eigenvalue weighted by atomic mass is 16.7. The summed E-state index contributed by atoms with van der Waals surface area (Å²) < 4.78 is 12.4. The third kappa shape index (κ3) is 2.38. The van der Waals surface area contributed by atoms with Crippen LogP contribution >= 0.6 is 0 Å². The van der Waals surface area contributed by atoms with E-state index in [-0.39, 0.29) is 11.8 Å². The molecule has 158 valence electrons. The molecule has 0 radical (unpaired) electrons. The van der Waals surface area contributed by atoms with Crippen LogP contribution in [-0.4, -0.2) is 11.7 Å². The van der Waals surface area contributed by atoms with E-state index in [1.807, 2.05) is 54.6 Å². The molecule has 2 aromatic carbocycles. The van der Waals surface area contributed by atoms with Gasteiger partial charge in [-0.05, 0) is 35.4 Å². The number of nitrogens with one attached hydrogen (secondary N) is 1. The van der Waals surface area contributed by atoms with Crippen LogP contribution in [0.25, 0.3) is 11.1 Å². The lowest BCUT2D eigenvalue weighted by molar-refractivity contribution is -0.298. The Labute approximate surface area is 187 Å². The fourth-order valence-electron chi connectivity index (χ4n) is 5.81. The number of nitriles is 3. The monoisotopic (exact) mass is 422 g/mol. The first kappa shape index (κ1) is 20.3. The zero-order chi connectivity index (χ0) is 22.6. The second-order valence-corrected chi connectivity index (χ2v) is 9.11. The van der Waals surface area contributed by atoms with Gasteiger partial charge in [0.1, 0.15) is 6.10 Å². The third-order valence-electron chi connectivity index (χ3n) is 7.49. The Balaban J connectivity index is 1.66. The van der Waals surface area contributed by atoms with E-state index in [2.05, 4.69) is 25.1 Å². The van der Waals surface area contributed by atoms with E-state index in [1.165, 1.54) is 0 Å². The zero-order valence-electron chi connectivity index (χ0n) is 17.7. The fourth-order valence-corrected chi connectivity index (χ4v) is 5.81. The minimum atomic E-state index is -1.89. The van der Waals surface area contributed by atoms with Gasteiger partial charge >= 0.3 is 0 Å². The SMILES string of the molecule is CC1CCC23OC(=N)C(C#N)(C2C1)C(C#N)(C#N)C(c1ccc(-c2ccccc2)cc1)O3. The zero-order valence-corrected chi connectivity index (χ0v) is 17.7. The Kier molecular flexibility index (Phi) is 4.38. The number of hydrogen-bond acceptors (Lipinski definition) is 6. The topological polar surface area (TPSA) is 114 Å². The fraction of sp³-hybridized carbons (Fsp3) is 0.385. The van der Waals surface area contributed by atoms with Crippen LogP contribution in [0.4, 0.5) is 0 Å². The molecule has 3 aliphatic rings. The molecule has 5 rings (SSSR count). The van der Waals surface area contributed by atoms with Gasteiger partial charge in [-0.1, -0.05) is 61.5 Å². The van der Waals surface area contributed by atoms with Gasteiger partial charge in [0.2, 0.25) is 17.1 Å². The summed E-state index contributed by atoms with van der Waals surface area (Å²) in [6, 6.07) is 23.9. The van der Waals surface area contributed by atoms with Crippen LogP contribution in [-0.2, 0) is 9.47 Å². The molecule has 6 heteroatoms. The van der Waals surface area contributed by atoms with E-state index in [9.17, 15) is 15.8 Å². The molecular formula is C26H22N4O2. The van der Waals surface area contributed by atoms with Gasteiger partial charge in [-0.3, -0.25) is 5.41 Å². The van der Waals surface area contributed by atoms with Crippen molar-refractivity contribution in [3.8, 4) is 29.3 Å². The maximum atomic E-state index is 10.4. The van der Waals surface area contributed by atoms with E-state index in [0.717, 1.165) is 17.5 Å². The van der Waals surface area contributed by atoms with Crippen molar-refractivity contribution in [2.24, 2.45) is 22.7 Å². The summed E-state index contributed by atoms with van der Waals surface area (Å²) in [5, 5.41) is 39.7. The normalized spacial score (nSPS) is 34.3. The lowest BCUT2D eigenvalue weighted by atomic mass is 9.50. The van der Waals surface area contributed by atoms with Gasteiger partial charge in [0.25, 0.3) is 0 Å². The molecule has 5 unspecified atom stereocenters. The molecule has 1 saturated carbocycles. The molecular weight excluding hydrogens is 400 g/mol. The lowest BCUT2D eigenvalue weighted by Crippen LogP contribution is -2.60. The molecule has 0 spiro atoms. The average Bonchev–Trinajstić information content (AvgIpc) is 3.03. The average molecular weight is 422 g/mol. The van der Waals surface area contributed by atoms with Gasteiger partial charge in [-0.25, -0.2) is 0 Å². The van der Waals surface area contributed by atoms with Crippen LogP contribution in [0.5, 0.6) is 0 Å². The maximum Gasteiger partial charge on any atom is 0.217 e. The van der Waals surface area contributed by atoms with Gasteiger partial charge < -0.3 is 9.47 Å². The van der Waals surface area contributed by atoms with Crippen LogP contribution in [0.15, 0.2) is 54.6 Å². The van der Waals surface area contributed by atoms with Gasteiger partial charge in [0.05, 0.1) is 24.1 Å². The van der Waals surface area contributed by atoms with Crippen molar-refractivity contribution >= 4 is 5.90 Å². The van der Waals surface area contributed by atoms with Crippen molar-refractivity contribution in [3.05, 3.63) is 60.2 Å². The summed E-state index contributed by atoms with van der Waals surface area (Å²) in [6.45, 7) is 2.08. The molecule has 2 heterocycles. The minimum absolute atomic E-state index is 0.288. The van der Waals surface area contributed by atoms with Crippen molar-refractivity contribution in [2.45, 2.75) is 38.1 Å². The number of benzene rings is 2. The summed E-state index contributed by atoms with van der Waals surface area (Å²) in [4.78, 5) is 0. The second kappa shape index (κ2) is 6.92. The highest BCUT2D eigenvalue weighted by molar-refractivity contribution is 5.89. The summed E-state index contributed by atoms with van der Waals surface area (Å²) in [7, 11) is 0. The Hall–Kier alpha value is -3.66. The molecule has 2 saturated heterocycles. The third-order valence-corrected chi connectivity index (χ3v) is 7.49. The summed E-state index contributed by atoms with van der Waals surface area (Å²) in [5.74, 6) is -1.71. The molecule has 0 aromatic heterocycles. The number of ether oxygens (including phenoxy) is 2. The summed E-state index contributed by atoms with van der Waals surface area (Å²) in [6.07, 6.45) is 0.919. The standard InChI is InChI=1S/C26H22N4O2/c1-17-11-12-26-21(13-17)25(16-29,23(30)32-26)24(14-27,15-28)22(31-26)20-9-7-19(8-10-20)18-5-3-2-4-6-18/h2-10,17,21-22,30H,11-13H2,1H3. The highest BCUT2D eigenvalue weighted by Crippen LogP contribution is 2.69. The Bertz CT molecular complexity index is 1190. The molecule has 2 bridgehead atoms. The predicted octanol–water partition coefficient (Wildman–Crippen LogP) is 5.11. The van der Waals surface area contributed by atoms with E-state index in [0.29, 0.717) is 18.4 Å². The lowest BCUT2D eigenvalue weighted by Gasteiger charge is -2.52. The van der Waals surface area contributed by atoms with E-state index in [4.69, 9.17) is 14.9 Å². The van der Waals surface area contributed by atoms with Gasteiger partial charge in [0, 0.05) is 6.42 Å². The molecule has 0 amide bonds. The maximum absolute atomic E-state index is 10.4. The Morgan fingerprint density at radius 1 is 0.938 bits per heavy atom. The predicted molar refractivity (Wildman–Crippen MR) is 115 cm³/mol. The molecule has 1 N–H and O–H groups in total. The molecule has 1 aliphatic carbocycles. The van der Waals surface area contributed by atoms with E-state index < -0.39 is 28.6 Å². The highest BCUT2D eigenvalue weighted by Gasteiger charge is 2.80. The summed E-state index contributed by atoms with van der Waals surface area (Å²) >= 11 is 0. The summed E-state index contributed by atoms with van der Waals surface area (Å²) in [5.41, 5.74) is -0.897. The van der Waals surface area contributed by atoms with Crippen LogP contribution < -0.4 is 0 Å².